The van der Waals surface area contributed by atoms with E-state index in [-0.39, 0.29) is 9.34 Å². The van der Waals surface area contributed by atoms with E-state index in [0.717, 1.165) is 27.9 Å². The van der Waals surface area contributed by atoms with Crippen molar-refractivity contribution >= 4 is 75.2 Å². The molecule has 11 heteroatoms. The van der Waals surface area contributed by atoms with E-state index in [4.69, 9.17) is 44.9 Å². The normalized spacial score (nSPS) is 14.3. The molecule has 0 aromatic heterocycles. The van der Waals surface area contributed by atoms with Crippen molar-refractivity contribution in [3.05, 3.63) is 69.1 Å². The number of amides is 3. The van der Waals surface area contributed by atoms with Crippen molar-refractivity contribution in [2.45, 2.75) is 20.3 Å². The van der Waals surface area contributed by atoms with Crippen molar-refractivity contribution < 1.29 is 19.1 Å². The quantitative estimate of drug-likeness (QED) is 0.211. The molecule has 1 saturated heterocycles. The molecule has 1 fully saturated rings. The summed E-state index contributed by atoms with van der Waals surface area (Å²) in [5, 5.41) is 4.25. The second kappa shape index (κ2) is 12.3. The Bertz CT molecular complexity index is 1200. The van der Waals surface area contributed by atoms with Crippen LogP contribution in [-0.2, 0) is 11.2 Å². The van der Waals surface area contributed by atoms with Gasteiger partial charge in [0.1, 0.15) is 0 Å². The molecular formula is C24H23Cl2N3O4S2. The van der Waals surface area contributed by atoms with Crippen molar-refractivity contribution in [1.82, 2.24) is 10.4 Å². The number of nitrogens with zero attached hydrogens (tertiary/aromatic N) is 1. The molecule has 7 nitrogen and oxygen atoms in total. The van der Waals surface area contributed by atoms with E-state index in [0.29, 0.717) is 46.7 Å². The van der Waals surface area contributed by atoms with Gasteiger partial charge in [-0.2, -0.15) is 5.01 Å². The van der Waals surface area contributed by atoms with Crippen LogP contribution in [0.5, 0.6) is 11.5 Å². The van der Waals surface area contributed by atoms with Crippen LogP contribution in [-0.4, -0.2) is 34.5 Å². The summed E-state index contributed by atoms with van der Waals surface area (Å²) in [6, 6.07) is 7.69. The number of rotatable bonds is 9. The molecule has 0 spiro atoms. The van der Waals surface area contributed by atoms with Crippen molar-refractivity contribution in [3.63, 3.8) is 0 Å². The SMILES string of the molecule is C=CCc1cc(/C=C2/SC(=S)N(NC(=O)Nc3ccc(Cl)c(Cl)c3)C2=O)cc(OCC)c1OCC. The number of thioether (sulfide) groups is 1. The molecule has 1 heterocycles. The number of nitrogens with one attached hydrogen (secondary N) is 2. The fourth-order valence-electron chi connectivity index (χ4n) is 3.19. The molecule has 0 radical (unpaired) electrons. The molecule has 0 bridgehead atoms. The number of hydrogen-bond donors (Lipinski definition) is 2. The number of halogens is 2. The molecule has 2 aromatic rings. The number of ether oxygens (including phenoxy) is 2. The Morgan fingerprint density at radius 3 is 2.57 bits per heavy atom. The number of carbonyl (C=O) groups excluding carboxylic acids is 2. The van der Waals surface area contributed by atoms with Crippen LogP contribution in [0.4, 0.5) is 10.5 Å². The highest BCUT2D eigenvalue weighted by molar-refractivity contribution is 8.26. The number of hydrazine groups is 1. The van der Waals surface area contributed by atoms with Gasteiger partial charge in [0.05, 0.1) is 28.2 Å². The topological polar surface area (TPSA) is 79.9 Å². The summed E-state index contributed by atoms with van der Waals surface area (Å²) in [5.41, 5.74) is 4.48. The van der Waals surface area contributed by atoms with Gasteiger partial charge in [-0.25, -0.2) is 10.2 Å². The highest BCUT2D eigenvalue weighted by Gasteiger charge is 2.33. The Labute approximate surface area is 223 Å². The summed E-state index contributed by atoms with van der Waals surface area (Å²) in [6.07, 6.45) is 4.03. The zero-order valence-electron chi connectivity index (χ0n) is 19.0. The Hall–Kier alpha value is -2.72. The van der Waals surface area contributed by atoms with E-state index >= 15 is 0 Å². The minimum atomic E-state index is -0.658. The van der Waals surface area contributed by atoms with Gasteiger partial charge in [0.2, 0.25) is 0 Å². The highest BCUT2D eigenvalue weighted by Crippen LogP contribution is 2.37. The third kappa shape index (κ3) is 6.70. The minimum absolute atomic E-state index is 0.188. The standard InChI is InChI=1S/C24H23Cl2N3O4S2/c1-4-7-15-10-14(11-19(32-5-2)21(15)33-6-3)12-20-22(30)29(24(34)35-20)28-23(31)27-16-8-9-17(25)18(26)13-16/h4,8-13H,1,5-7H2,2-3H3,(H2,27,28,31)/b20-12+. The third-order valence-electron chi connectivity index (χ3n) is 4.59. The lowest BCUT2D eigenvalue weighted by molar-refractivity contribution is -0.123. The predicted octanol–water partition coefficient (Wildman–Crippen LogP) is 6.46. The monoisotopic (exact) mass is 551 g/mol. The molecule has 2 aromatic carbocycles. The van der Waals surface area contributed by atoms with Crippen LogP contribution in [0.2, 0.25) is 10.0 Å². The maximum Gasteiger partial charge on any atom is 0.338 e. The summed E-state index contributed by atoms with van der Waals surface area (Å²) in [4.78, 5) is 25.8. The van der Waals surface area contributed by atoms with Crippen LogP contribution < -0.4 is 20.2 Å². The number of anilines is 1. The maximum atomic E-state index is 13.0. The molecule has 0 saturated carbocycles. The molecule has 3 amide bonds. The number of carbonyl (C=O) groups is 2. The van der Waals surface area contributed by atoms with Gasteiger partial charge < -0.3 is 14.8 Å². The lowest BCUT2D eigenvalue weighted by Crippen LogP contribution is -2.46. The third-order valence-corrected chi connectivity index (χ3v) is 6.63. The second-order valence-corrected chi connectivity index (χ2v) is 9.57. The van der Waals surface area contributed by atoms with Crippen molar-refractivity contribution in [2.24, 2.45) is 0 Å². The first-order valence-corrected chi connectivity index (χ1v) is 12.6. The highest BCUT2D eigenvalue weighted by atomic mass is 35.5. The van der Waals surface area contributed by atoms with Gasteiger partial charge in [-0.15, -0.1) is 6.58 Å². The molecule has 3 rings (SSSR count). The molecule has 2 N–H and O–H groups in total. The van der Waals surface area contributed by atoms with Gasteiger partial charge >= 0.3 is 6.03 Å². The van der Waals surface area contributed by atoms with Crippen LogP contribution in [0.25, 0.3) is 6.08 Å². The average molecular weight is 553 g/mol. The lowest BCUT2D eigenvalue weighted by Gasteiger charge is -2.16. The van der Waals surface area contributed by atoms with Gasteiger partial charge in [-0.05, 0) is 74.5 Å². The minimum Gasteiger partial charge on any atom is -0.490 e. The molecule has 35 heavy (non-hydrogen) atoms. The smallest absolute Gasteiger partial charge is 0.338 e. The van der Waals surface area contributed by atoms with Gasteiger partial charge in [0.15, 0.2) is 15.8 Å². The summed E-state index contributed by atoms with van der Waals surface area (Å²) in [6.45, 7) is 8.53. The zero-order chi connectivity index (χ0) is 25.5. The number of urea groups is 1. The first kappa shape index (κ1) is 26.9. The predicted molar refractivity (Wildman–Crippen MR) is 146 cm³/mol. The second-order valence-electron chi connectivity index (χ2n) is 7.08. The van der Waals surface area contributed by atoms with E-state index < -0.39 is 11.9 Å². The van der Waals surface area contributed by atoms with E-state index in [1.807, 2.05) is 19.9 Å². The molecule has 1 aliphatic heterocycles. The average Bonchev–Trinajstić information content (AvgIpc) is 3.06. The summed E-state index contributed by atoms with van der Waals surface area (Å²) < 4.78 is 11.8. The molecule has 0 atom stereocenters. The fourth-order valence-corrected chi connectivity index (χ4v) is 4.67. The van der Waals surface area contributed by atoms with Crippen LogP contribution in [0.3, 0.4) is 0 Å². The molecule has 1 aliphatic rings. The van der Waals surface area contributed by atoms with Crippen molar-refractivity contribution in [2.75, 3.05) is 18.5 Å². The summed E-state index contributed by atoms with van der Waals surface area (Å²) in [5.74, 6) is 0.774. The maximum absolute atomic E-state index is 13.0. The van der Waals surface area contributed by atoms with Gasteiger partial charge in [-0.1, -0.05) is 41.0 Å². The first-order valence-electron chi connectivity index (χ1n) is 10.6. The Morgan fingerprint density at radius 1 is 1.17 bits per heavy atom. The Morgan fingerprint density at radius 2 is 1.91 bits per heavy atom. The van der Waals surface area contributed by atoms with Crippen LogP contribution in [0.1, 0.15) is 25.0 Å². The largest absolute Gasteiger partial charge is 0.490 e. The summed E-state index contributed by atoms with van der Waals surface area (Å²) >= 11 is 18.3. The first-order chi connectivity index (χ1) is 16.8. The molecule has 184 valence electrons. The zero-order valence-corrected chi connectivity index (χ0v) is 22.2. The molecule has 0 unspecified atom stereocenters. The Kier molecular flexibility index (Phi) is 9.45. The van der Waals surface area contributed by atoms with Crippen molar-refractivity contribution in [1.29, 1.82) is 0 Å². The van der Waals surface area contributed by atoms with E-state index in [9.17, 15) is 9.59 Å². The van der Waals surface area contributed by atoms with E-state index in [1.165, 1.54) is 6.07 Å². The Balaban J connectivity index is 1.81. The van der Waals surface area contributed by atoms with Crippen LogP contribution in [0, 0.1) is 0 Å². The number of benzene rings is 2. The summed E-state index contributed by atoms with van der Waals surface area (Å²) in [7, 11) is 0. The molecule has 0 aliphatic carbocycles. The van der Waals surface area contributed by atoms with Gasteiger partial charge in [-0.3, -0.25) is 4.79 Å². The lowest BCUT2D eigenvalue weighted by atomic mass is 10.0. The number of hydrogen-bond acceptors (Lipinski definition) is 6. The van der Waals surface area contributed by atoms with E-state index in [1.54, 1.807) is 30.4 Å². The van der Waals surface area contributed by atoms with Gasteiger partial charge in [0.25, 0.3) is 5.91 Å². The van der Waals surface area contributed by atoms with Crippen LogP contribution >= 0.6 is 47.2 Å². The fraction of sp³-hybridized carbons (Fsp3) is 0.208. The number of allylic oxidation sites excluding steroid dienone is 1. The van der Waals surface area contributed by atoms with Crippen LogP contribution in [0.15, 0.2) is 47.9 Å². The van der Waals surface area contributed by atoms with Crippen molar-refractivity contribution in [3.8, 4) is 11.5 Å². The number of thiocarbonyl (C=S) groups is 1. The van der Waals surface area contributed by atoms with E-state index in [2.05, 4.69) is 17.3 Å². The van der Waals surface area contributed by atoms with Gasteiger partial charge in [0, 0.05) is 11.3 Å². The molecular weight excluding hydrogens is 529 g/mol.